The Morgan fingerprint density at radius 1 is 0.541 bits per heavy atom. The van der Waals surface area contributed by atoms with Crippen molar-refractivity contribution in [1.29, 1.82) is 0 Å². The maximum absolute atomic E-state index is 13.9. The van der Waals surface area contributed by atoms with Crippen LogP contribution in [0.3, 0.4) is 0 Å². The molecule has 1 atom stereocenters. The van der Waals surface area contributed by atoms with Gasteiger partial charge in [-0.3, -0.25) is 4.98 Å². The fourth-order valence-corrected chi connectivity index (χ4v) is 7.91. The lowest BCUT2D eigenvalue weighted by Gasteiger charge is -2.14. The molecule has 1 unspecified atom stereocenters. The summed E-state index contributed by atoms with van der Waals surface area (Å²) in [5.41, 5.74) is 9.02. The smallest absolute Gasteiger partial charge is 0.141 e. The van der Waals surface area contributed by atoms with Crippen LogP contribution in [-0.2, 0) is 4.57 Å². The molecule has 176 valence electrons. The molecule has 3 heteroatoms. The zero-order valence-electron chi connectivity index (χ0n) is 20.4. The van der Waals surface area contributed by atoms with Crippen molar-refractivity contribution in [3.05, 3.63) is 128 Å². The summed E-state index contributed by atoms with van der Waals surface area (Å²) >= 11 is 0. The van der Waals surface area contributed by atoms with Crippen LogP contribution in [0.2, 0.25) is 0 Å². The van der Waals surface area contributed by atoms with E-state index in [1.54, 1.807) is 6.20 Å². The van der Waals surface area contributed by atoms with E-state index in [0.717, 1.165) is 44.0 Å². The molecular formula is C34H24NOP. The number of fused-ring (bicyclic) bond motifs is 4. The molecular weight excluding hydrogens is 469 g/mol. The van der Waals surface area contributed by atoms with Gasteiger partial charge in [0.2, 0.25) is 0 Å². The molecule has 5 aromatic carbocycles. The molecule has 1 aliphatic rings. The highest BCUT2D eigenvalue weighted by molar-refractivity contribution is 7.79. The number of aromatic nitrogens is 1. The van der Waals surface area contributed by atoms with Crippen molar-refractivity contribution in [3.63, 3.8) is 0 Å². The largest absolute Gasteiger partial charge is 0.314 e. The van der Waals surface area contributed by atoms with Crippen molar-refractivity contribution >= 4 is 28.5 Å². The molecule has 2 heterocycles. The molecule has 1 aliphatic heterocycles. The standard InChI is InChI=1S/C34H24NOP/c1-37(36)33-11-5-4-10-30(33)31-17-16-25(21-34(31)37)28-19-26-7-2-3-9-29(26)32(20-28)24-14-12-23(13-15-24)27-8-6-18-35-22-27/h2-22H,1H3. The Kier molecular flexibility index (Phi) is 4.99. The Labute approximate surface area is 216 Å². The van der Waals surface area contributed by atoms with Crippen LogP contribution in [-0.4, -0.2) is 11.6 Å². The number of pyridine rings is 1. The maximum Gasteiger partial charge on any atom is 0.141 e. The molecule has 0 saturated carbocycles. The summed E-state index contributed by atoms with van der Waals surface area (Å²) in [4.78, 5) is 4.26. The highest BCUT2D eigenvalue weighted by atomic mass is 31.2. The van der Waals surface area contributed by atoms with Crippen molar-refractivity contribution in [2.24, 2.45) is 0 Å². The van der Waals surface area contributed by atoms with Crippen LogP contribution in [0.15, 0.2) is 128 Å². The third kappa shape index (κ3) is 3.56. The molecule has 0 amide bonds. The number of hydrogen-bond donors (Lipinski definition) is 0. The van der Waals surface area contributed by atoms with Crippen LogP contribution in [0.4, 0.5) is 0 Å². The predicted octanol–water partition coefficient (Wildman–Crippen LogP) is 8.16. The van der Waals surface area contributed by atoms with Crippen LogP contribution in [0.5, 0.6) is 0 Å². The first-order valence-corrected chi connectivity index (χ1v) is 14.6. The second-order valence-corrected chi connectivity index (χ2v) is 12.5. The average Bonchev–Trinajstić information content (AvgIpc) is 3.19. The molecule has 0 N–H and O–H groups in total. The fourth-order valence-electron chi connectivity index (χ4n) is 5.59. The lowest BCUT2D eigenvalue weighted by Crippen LogP contribution is -2.08. The summed E-state index contributed by atoms with van der Waals surface area (Å²) in [6, 6.07) is 40.3. The van der Waals surface area contributed by atoms with Gasteiger partial charge in [0.05, 0.1) is 0 Å². The zero-order chi connectivity index (χ0) is 25.0. The van der Waals surface area contributed by atoms with E-state index in [0.29, 0.717) is 0 Å². The summed E-state index contributed by atoms with van der Waals surface area (Å²) < 4.78 is 13.9. The van der Waals surface area contributed by atoms with Gasteiger partial charge in [-0.05, 0) is 86.2 Å². The van der Waals surface area contributed by atoms with Gasteiger partial charge in [0.25, 0.3) is 0 Å². The van der Waals surface area contributed by atoms with E-state index in [1.807, 2.05) is 37.1 Å². The van der Waals surface area contributed by atoms with Crippen molar-refractivity contribution in [2.45, 2.75) is 0 Å². The minimum atomic E-state index is -2.63. The van der Waals surface area contributed by atoms with E-state index < -0.39 is 7.14 Å². The number of benzene rings is 5. The van der Waals surface area contributed by atoms with Gasteiger partial charge in [-0.2, -0.15) is 0 Å². The molecule has 1 aromatic heterocycles. The second-order valence-electron chi connectivity index (χ2n) is 9.74. The normalized spacial score (nSPS) is 15.9. The first-order valence-electron chi connectivity index (χ1n) is 12.5. The van der Waals surface area contributed by atoms with E-state index >= 15 is 0 Å². The summed E-state index contributed by atoms with van der Waals surface area (Å²) in [6.07, 6.45) is 3.69. The van der Waals surface area contributed by atoms with Gasteiger partial charge < -0.3 is 4.57 Å². The molecule has 0 spiro atoms. The third-order valence-corrected chi connectivity index (χ3v) is 10.1. The van der Waals surface area contributed by atoms with Gasteiger partial charge in [-0.1, -0.05) is 91.0 Å². The molecule has 7 rings (SSSR count). The minimum absolute atomic E-state index is 0.960. The van der Waals surface area contributed by atoms with Crippen molar-refractivity contribution in [3.8, 4) is 44.5 Å². The molecule has 2 nitrogen and oxygen atoms in total. The number of rotatable bonds is 3. The second kappa shape index (κ2) is 8.40. The van der Waals surface area contributed by atoms with Gasteiger partial charge >= 0.3 is 0 Å². The van der Waals surface area contributed by atoms with Crippen LogP contribution < -0.4 is 10.6 Å². The first kappa shape index (κ1) is 22.0. The van der Waals surface area contributed by atoms with Crippen LogP contribution in [0.25, 0.3) is 55.3 Å². The summed E-state index contributed by atoms with van der Waals surface area (Å²) in [5.74, 6) is 0. The molecule has 0 saturated heterocycles. The predicted molar refractivity (Wildman–Crippen MR) is 156 cm³/mol. The Hall–Kier alpha value is -4.26. The number of nitrogens with zero attached hydrogens (tertiary/aromatic N) is 1. The zero-order valence-corrected chi connectivity index (χ0v) is 21.3. The van der Waals surface area contributed by atoms with E-state index in [9.17, 15) is 4.57 Å². The van der Waals surface area contributed by atoms with Crippen molar-refractivity contribution < 1.29 is 4.57 Å². The average molecular weight is 494 g/mol. The lowest BCUT2D eigenvalue weighted by atomic mass is 9.92. The van der Waals surface area contributed by atoms with Gasteiger partial charge in [0, 0.05) is 23.0 Å². The fraction of sp³-hybridized carbons (Fsp3) is 0.0294. The van der Waals surface area contributed by atoms with Gasteiger partial charge in [-0.15, -0.1) is 0 Å². The summed E-state index contributed by atoms with van der Waals surface area (Å²) in [6.45, 7) is 1.90. The first-order chi connectivity index (χ1) is 18.1. The van der Waals surface area contributed by atoms with Crippen molar-refractivity contribution in [2.75, 3.05) is 6.66 Å². The Morgan fingerprint density at radius 2 is 1.27 bits per heavy atom. The van der Waals surface area contributed by atoms with Gasteiger partial charge in [0.1, 0.15) is 7.14 Å². The summed E-state index contributed by atoms with van der Waals surface area (Å²) in [5, 5.41) is 4.33. The Bertz CT molecular complexity index is 1860. The number of hydrogen-bond acceptors (Lipinski definition) is 2. The quantitative estimate of drug-likeness (QED) is 0.233. The topological polar surface area (TPSA) is 30.0 Å². The summed E-state index contributed by atoms with van der Waals surface area (Å²) in [7, 11) is -2.63. The molecule has 37 heavy (non-hydrogen) atoms. The van der Waals surface area contributed by atoms with Crippen molar-refractivity contribution in [1.82, 2.24) is 4.98 Å². The SMILES string of the molecule is CP1(=O)c2ccccc2-c2ccc(-c3cc(-c4ccc(-c5cccnc5)cc4)c4ccccc4c3)cc21. The Morgan fingerprint density at radius 3 is 2.11 bits per heavy atom. The molecule has 0 radical (unpaired) electrons. The highest BCUT2D eigenvalue weighted by Crippen LogP contribution is 2.50. The van der Waals surface area contributed by atoms with Gasteiger partial charge in [-0.25, -0.2) is 0 Å². The lowest BCUT2D eigenvalue weighted by molar-refractivity contribution is 0.591. The van der Waals surface area contributed by atoms with Crippen LogP contribution in [0, 0.1) is 0 Å². The maximum atomic E-state index is 13.9. The van der Waals surface area contributed by atoms with E-state index in [2.05, 4.69) is 96.0 Å². The molecule has 0 bridgehead atoms. The minimum Gasteiger partial charge on any atom is -0.314 e. The molecule has 0 fully saturated rings. The monoisotopic (exact) mass is 493 g/mol. The molecule has 6 aromatic rings. The van der Waals surface area contributed by atoms with E-state index in [4.69, 9.17) is 0 Å². The van der Waals surface area contributed by atoms with Gasteiger partial charge in [0.15, 0.2) is 0 Å². The van der Waals surface area contributed by atoms with E-state index in [-0.39, 0.29) is 0 Å². The Balaban J connectivity index is 1.37. The third-order valence-electron chi connectivity index (χ3n) is 7.50. The highest BCUT2D eigenvalue weighted by Gasteiger charge is 2.34. The van der Waals surface area contributed by atoms with Crippen LogP contribution in [0.1, 0.15) is 0 Å². The molecule has 0 aliphatic carbocycles. The van der Waals surface area contributed by atoms with Crippen LogP contribution >= 0.6 is 7.14 Å². The van der Waals surface area contributed by atoms with E-state index in [1.165, 1.54) is 21.9 Å².